The van der Waals surface area contributed by atoms with E-state index in [1.165, 1.54) is 12.1 Å². The Bertz CT molecular complexity index is 644. The molecule has 2 unspecified atom stereocenters. The predicted molar refractivity (Wildman–Crippen MR) is 79.2 cm³/mol. The lowest BCUT2D eigenvalue weighted by molar-refractivity contribution is 0.0722. The van der Waals surface area contributed by atoms with Crippen molar-refractivity contribution in [3.8, 4) is 11.5 Å². The van der Waals surface area contributed by atoms with E-state index in [9.17, 15) is 4.39 Å². The molecular formula is C17H18FNO2. The number of halogens is 1. The minimum absolute atomic E-state index is 0.204. The van der Waals surface area contributed by atoms with Gasteiger partial charge in [-0.3, -0.25) is 0 Å². The van der Waals surface area contributed by atoms with Gasteiger partial charge in [0.25, 0.3) is 0 Å². The zero-order chi connectivity index (χ0) is 14.8. The fourth-order valence-electron chi connectivity index (χ4n) is 2.52. The van der Waals surface area contributed by atoms with Gasteiger partial charge in [-0.2, -0.15) is 0 Å². The summed E-state index contributed by atoms with van der Waals surface area (Å²) in [5, 5.41) is 0. The molecule has 0 saturated carbocycles. The summed E-state index contributed by atoms with van der Waals surface area (Å²) in [5.41, 5.74) is 8.18. The maximum atomic E-state index is 13.1. The molecule has 2 N–H and O–H groups in total. The Morgan fingerprint density at radius 1 is 1.24 bits per heavy atom. The SMILES string of the molecule is Cc1cc(F)ccc1CC(N)C1COc2ccccc2O1. The van der Waals surface area contributed by atoms with Crippen LogP contribution in [0.5, 0.6) is 11.5 Å². The molecule has 1 heterocycles. The molecule has 1 aliphatic rings. The van der Waals surface area contributed by atoms with Crippen LogP contribution in [0.25, 0.3) is 0 Å². The highest BCUT2D eigenvalue weighted by Crippen LogP contribution is 2.31. The fourth-order valence-corrected chi connectivity index (χ4v) is 2.52. The van der Waals surface area contributed by atoms with Gasteiger partial charge in [-0.25, -0.2) is 4.39 Å². The Hall–Kier alpha value is -2.07. The highest BCUT2D eigenvalue weighted by atomic mass is 19.1. The van der Waals surface area contributed by atoms with Crippen LogP contribution in [-0.4, -0.2) is 18.8 Å². The van der Waals surface area contributed by atoms with Crippen LogP contribution in [0.3, 0.4) is 0 Å². The van der Waals surface area contributed by atoms with E-state index in [1.807, 2.05) is 31.2 Å². The van der Waals surface area contributed by atoms with Crippen molar-refractivity contribution in [1.82, 2.24) is 0 Å². The number of fused-ring (bicyclic) bond motifs is 1. The molecule has 1 aliphatic heterocycles. The van der Waals surface area contributed by atoms with Gasteiger partial charge in [-0.05, 0) is 48.7 Å². The lowest BCUT2D eigenvalue weighted by Gasteiger charge is -2.30. The summed E-state index contributed by atoms with van der Waals surface area (Å²) >= 11 is 0. The van der Waals surface area contributed by atoms with E-state index in [1.54, 1.807) is 6.07 Å². The van der Waals surface area contributed by atoms with Gasteiger partial charge >= 0.3 is 0 Å². The summed E-state index contributed by atoms with van der Waals surface area (Å²) < 4.78 is 24.7. The summed E-state index contributed by atoms with van der Waals surface area (Å²) in [4.78, 5) is 0. The molecular weight excluding hydrogens is 269 g/mol. The van der Waals surface area contributed by atoms with Crippen LogP contribution in [0.4, 0.5) is 4.39 Å². The maximum absolute atomic E-state index is 13.1. The lowest BCUT2D eigenvalue weighted by Crippen LogP contribution is -2.46. The molecule has 0 aliphatic carbocycles. The second kappa shape index (κ2) is 5.74. The van der Waals surface area contributed by atoms with Gasteiger partial charge in [0.05, 0.1) is 0 Å². The van der Waals surface area contributed by atoms with Crippen LogP contribution in [-0.2, 0) is 6.42 Å². The average Bonchev–Trinajstić information content (AvgIpc) is 2.49. The normalized spacial score (nSPS) is 18.3. The summed E-state index contributed by atoms with van der Waals surface area (Å²) in [6.45, 7) is 2.32. The van der Waals surface area contributed by atoms with Crippen LogP contribution in [0, 0.1) is 12.7 Å². The van der Waals surface area contributed by atoms with Crippen molar-refractivity contribution >= 4 is 0 Å². The third kappa shape index (κ3) is 3.00. The Morgan fingerprint density at radius 3 is 2.76 bits per heavy atom. The monoisotopic (exact) mass is 287 g/mol. The first-order valence-corrected chi connectivity index (χ1v) is 7.02. The first kappa shape index (κ1) is 13.9. The van der Waals surface area contributed by atoms with Gasteiger partial charge in [-0.1, -0.05) is 18.2 Å². The van der Waals surface area contributed by atoms with Gasteiger partial charge < -0.3 is 15.2 Å². The molecule has 3 nitrogen and oxygen atoms in total. The molecule has 2 atom stereocenters. The standard InChI is InChI=1S/C17H18FNO2/c1-11-8-13(18)7-6-12(11)9-14(19)17-10-20-15-4-2-3-5-16(15)21-17/h2-8,14,17H,9-10,19H2,1H3. The van der Waals surface area contributed by atoms with Crippen LogP contribution in [0.1, 0.15) is 11.1 Å². The van der Waals surface area contributed by atoms with E-state index in [-0.39, 0.29) is 18.0 Å². The summed E-state index contributed by atoms with van der Waals surface area (Å²) in [6.07, 6.45) is 0.423. The maximum Gasteiger partial charge on any atom is 0.161 e. The second-order valence-corrected chi connectivity index (χ2v) is 5.35. The van der Waals surface area contributed by atoms with Gasteiger partial charge in [0, 0.05) is 6.04 Å². The molecule has 2 aromatic rings. The summed E-state index contributed by atoms with van der Waals surface area (Å²) in [6, 6.07) is 12.1. The third-order valence-electron chi connectivity index (χ3n) is 3.77. The average molecular weight is 287 g/mol. The van der Waals surface area contributed by atoms with Gasteiger partial charge in [0.15, 0.2) is 11.5 Å². The third-order valence-corrected chi connectivity index (χ3v) is 3.77. The number of para-hydroxylation sites is 2. The molecule has 0 saturated heterocycles. The molecule has 0 aromatic heterocycles. The Balaban J connectivity index is 1.70. The van der Waals surface area contributed by atoms with Crippen molar-refractivity contribution < 1.29 is 13.9 Å². The molecule has 0 radical (unpaired) electrons. The van der Waals surface area contributed by atoms with Crippen molar-refractivity contribution in [2.24, 2.45) is 5.73 Å². The van der Waals surface area contributed by atoms with Gasteiger partial charge in [0.2, 0.25) is 0 Å². The van der Waals surface area contributed by atoms with Crippen LogP contribution in [0.15, 0.2) is 42.5 Å². The Labute approximate surface area is 123 Å². The molecule has 4 heteroatoms. The van der Waals surface area contributed by atoms with E-state index in [2.05, 4.69) is 0 Å². The van der Waals surface area contributed by atoms with Crippen molar-refractivity contribution in [3.63, 3.8) is 0 Å². The second-order valence-electron chi connectivity index (χ2n) is 5.35. The number of hydrogen-bond acceptors (Lipinski definition) is 3. The molecule has 0 fully saturated rings. The summed E-state index contributed by atoms with van der Waals surface area (Å²) in [5.74, 6) is 1.25. The number of aryl methyl sites for hydroxylation is 1. The van der Waals surface area contributed by atoms with Crippen LogP contribution in [0.2, 0.25) is 0 Å². The van der Waals surface area contributed by atoms with Crippen molar-refractivity contribution in [1.29, 1.82) is 0 Å². The van der Waals surface area contributed by atoms with E-state index in [0.29, 0.717) is 13.0 Å². The molecule has 21 heavy (non-hydrogen) atoms. The highest BCUT2D eigenvalue weighted by Gasteiger charge is 2.26. The van der Waals surface area contributed by atoms with Gasteiger partial charge in [-0.15, -0.1) is 0 Å². The topological polar surface area (TPSA) is 44.5 Å². The van der Waals surface area contributed by atoms with E-state index in [0.717, 1.165) is 22.6 Å². The number of benzene rings is 2. The molecule has 0 bridgehead atoms. The highest BCUT2D eigenvalue weighted by molar-refractivity contribution is 5.41. The molecule has 110 valence electrons. The van der Waals surface area contributed by atoms with Crippen molar-refractivity contribution in [2.75, 3.05) is 6.61 Å². The molecule has 3 rings (SSSR count). The number of ether oxygens (including phenoxy) is 2. The summed E-state index contributed by atoms with van der Waals surface area (Å²) in [7, 11) is 0. The van der Waals surface area contributed by atoms with Crippen molar-refractivity contribution in [3.05, 3.63) is 59.4 Å². The van der Waals surface area contributed by atoms with E-state index in [4.69, 9.17) is 15.2 Å². The first-order chi connectivity index (χ1) is 10.1. The van der Waals surface area contributed by atoms with Crippen molar-refractivity contribution in [2.45, 2.75) is 25.5 Å². The lowest BCUT2D eigenvalue weighted by atomic mass is 9.98. The zero-order valence-corrected chi connectivity index (χ0v) is 11.9. The first-order valence-electron chi connectivity index (χ1n) is 7.02. The van der Waals surface area contributed by atoms with E-state index < -0.39 is 0 Å². The fraction of sp³-hybridized carbons (Fsp3) is 0.294. The Kier molecular flexibility index (Phi) is 3.80. The largest absolute Gasteiger partial charge is 0.486 e. The van der Waals surface area contributed by atoms with Crippen LogP contribution >= 0.6 is 0 Å². The molecule has 2 aromatic carbocycles. The minimum Gasteiger partial charge on any atom is -0.486 e. The minimum atomic E-state index is -0.226. The van der Waals surface area contributed by atoms with Crippen LogP contribution < -0.4 is 15.2 Å². The Morgan fingerprint density at radius 2 is 2.00 bits per heavy atom. The number of rotatable bonds is 3. The molecule has 0 amide bonds. The van der Waals surface area contributed by atoms with Gasteiger partial charge in [0.1, 0.15) is 18.5 Å². The van der Waals surface area contributed by atoms with E-state index >= 15 is 0 Å². The molecule has 0 spiro atoms. The quantitative estimate of drug-likeness (QED) is 0.944. The number of nitrogens with two attached hydrogens (primary N) is 1. The zero-order valence-electron chi connectivity index (χ0n) is 11.9. The smallest absolute Gasteiger partial charge is 0.161 e. The number of hydrogen-bond donors (Lipinski definition) is 1. The predicted octanol–water partition coefficient (Wildman–Crippen LogP) is 2.84.